The highest BCUT2D eigenvalue weighted by Crippen LogP contribution is 2.29. The molecule has 0 unspecified atom stereocenters. The van der Waals surface area contributed by atoms with Crippen LogP contribution in [0.4, 0.5) is 11.4 Å². The summed E-state index contributed by atoms with van der Waals surface area (Å²) in [5, 5.41) is 3.03. The van der Waals surface area contributed by atoms with Gasteiger partial charge >= 0.3 is 0 Å². The number of amides is 2. The summed E-state index contributed by atoms with van der Waals surface area (Å²) in [6.45, 7) is 5.76. The number of hydrogen-bond acceptors (Lipinski definition) is 4. The Morgan fingerprint density at radius 2 is 1.45 bits per heavy atom. The van der Waals surface area contributed by atoms with Gasteiger partial charge in [0.05, 0.1) is 0 Å². The summed E-state index contributed by atoms with van der Waals surface area (Å²) in [5.41, 5.74) is 5.12. The van der Waals surface area contributed by atoms with Crippen LogP contribution in [0.15, 0.2) is 78.9 Å². The molecule has 38 heavy (non-hydrogen) atoms. The fourth-order valence-corrected chi connectivity index (χ4v) is 5.45. The minimum atomic E-state index is -0.0926. The third-order valence-electron chi connectivity index (χ3n) is 7.96. The molecule has 3 aromatic carbocycles. The Balaban J connectivity index is 1.08. The number of nitrogens with one attached hydrogen (secondary N) is 1. The van der Waals surface area contributed by atoms with E-state index in [0.717, 1.165) is 64.2 Å². The maximum Gasteiger partial charge on any atom is 0.255 e. The van der Waals surface area contributed by atoms with Crippen molar-refractivity contribution in [2.24, 2.45) is 0 Å². The lowest BCUT2D eigenvalue weighted by atomic mass is 9.89. The quantitative estimate of drug-likeness (QED) is 0.485. The van der Waals surface area contributed by atoms with E-state index in [-0.39, 0.29) is 11.8 Å². The average molecular weight is 511 g/mol. The number of piperazine rings is 1. The number of carbonyl (C=O) groups excluding carboxylic acids is 2. The number of rotatable bonds is 7. The van der Waals surface area contributed by atoms with Crippen LogP contribution in [0.3, 0.4) is 0 Å². The van der Waals surface area contributed by atoms with Gasteiger partial charge in [-0.3, -0.25) is 9.59 Å². The SMILES string of the molecule is CN1CCN(c2ccc(C(=O)Nc3ccc(C4CCN(C(=O)CCc5ccccc5)CC4)cc3)cc2)CC1. The standard InChI is InChI=1S/C32H38N4O2/c1-34-21-23-35(24-22-34)30-14-10-28(11-15-30)32(38)33-29-12-8-26(9-13-29)27-17-19-36(20-18-27)31(37)16-7-25-5-3-2-4-6-25/h2-6,8-15,27H,7,16-24H2,1H3,(H,33,38). The molecule has 2 saturated heterocycles. The molecule has 1 N–H and O–H groups in total. The Morgan fingerprint density at radius 3 is 2.11 bits per heavy atom. The molecule has 0 aliphatic carbocycles. The van der Waals surface area contributed by atoms with Gasteiger partial charge in [-0.15, -0.1) is 0 Å². The Hall–Kier alpha value is -3.64. The van der Waals surface area contributed by atoms with Gasteiger partial charge < -0.3 is 20.0 Å². The Morgan fingerprint density at radius 1 is 0.789 bits per heavy atom. The topological polar surface area (TPSA) is 55.9 Å². The predicted octanol–water partition coefficient (Wildman–Crippen LogP) is 5.03. The Bertz CT molecular complexity index is 1190. The van der Waals surface area contributed by atoms with Gasteiger partial charge in [0, 0.05) is 62.6 Å². The van der Waals surface area contributed by atoms with Crippen molar-refractivity contribution in [3.05, 3.63) is 95.6 Å². The summed E-state index contributed by atoms with van der Waals surface area (Å²) in [7, 11) is 2.15. The molecule has 2 amide bonds. The van der Waals surface area contributed by atoms with Gasteiger partial charge in [0.1, 0.15) is 0 Å². The third-order valence-corrected chi connectivity index (χ3v) is 7.96. The first-order chi connectivity index (χ1) is 18.5. The van der Waals surface area contributed by atoms with Gasteiger partial charge in [-0.25, -0.2) is 0 Å². The largest absolute Gasteiger partial charge is 0.369 e. The lowest BCUT2D eigenvalue weighted by Crippen LogP contribution is -2.44. The lowest BCUT2D eigenvalue weighted by Gasteiger charge is -2.34. The van der Waals surface area contributed by atoms with E-state index in [1.165, 1.54) is 16.8 Å². The summed E-state index contributed by atoms with van der Waals surface area (Å²) in [6, 6.07) is 26.3. The highest BCUT2D eigenvalue weighted by Gasteiger charge is 2.23. The smallest absolute Gasteiger partial charge is 0.255 e. The van der Waals surface area contributed by atoms with Crippen molar-refractivity contribution in [1.29, 1.82) is 0 Å². The van der Waals surface area contributed by atoms with Crippen LogP contribution in [-0.4, -0.2) is 67.9 Å². The van der Waals surface area contributed by atoms with Gasteiger partial charge in [-0.05, 0) is 79.8 Å². The molecular weight excluding hydrogens is 472 g/mol. The number of piperidine rings is 1. The molecule has 6 nitrogen and oxygen atoms in total. The van der Waals surface area contributed by atoms with Crippen LogP contribution in [0.1, 0.15) is 46.7 Å². The van der Waals surface area contributed by atoms with Crippen molar-refractivity contribution in [3.63, 3.8) is 0 Å². The van der Waals surface area contributed by atoms with Gasteiger partial charge in [0.2, 0.25) is 5.91 Å². The van der Waals surface area contributed by atoms with E-state index in [0.29, 0.717) is 17.9 Å². The number of nitrogens with zero attached hydrogens (tertiary/aromatic N) is 3. The zero-order valence-corrected chi connectivity index (χ0v) is 22.3. The van der Waals surface area contributed by atoms with Crippen LogP contribution in [-0.2, 0) is 11.2 Å². The molecule has 5 rings (SSSR count). The van der Waals surface area contributed by atoms with Crippen LogP contribution >= 0.6 is 0 Å². The first kappa shape index (κ1) is 26.0. The molecule has 198 valence electrons. The molecule has 3 aromatic rings. The van der Waals surface area contributed by atoms with Crippen LogP contribution < -0.4 is 10.2 Å². The van der Waals surface area contributed by atoms with E-state index in [4.69, 9.17) is 0 Å². The third kappa shape index (κ3) is 6.62. The molecule has 0 aromatic heterocycles. The van der Waals surface area contributed by atoms with Crippen molar-refractivity contribution < 1.29 is 9.59 Å². The predicted molar refractivity (Wildman–Crippen MR) is 154 cm³/mol. The summed E-state index contributed by atoms with van der Waals surface area (Å²) in [5.74, 6) is 0.604. The van der Waals surface area contributed by atoms with Crippen molar-refractivity contribution in [2.75, 3.05) is 56.5 Å². The molecular formula is C32H38N4O2. The molecule has 2 fully saturated rings. The Labute approximate surface area is 226 Å². The van der Waals surface area contributed by atoms with Gasteiger partial charge in [-0.2, -0.15) is 0 Å². The fraction of sp³-hybridized carbons (Fsp3) is 0.375. The number of likely N-dealkylation sites (tertiary alicyclic amines) is 1. The second-order valence-corrected chi connectivity index (χ2v) is 10.6. The van der Waals surface area contributed by atoms with Gasteiger partial charge in [0.15, 0.2) is 0 Å². The molecule has 2 aliphatic heterocycles. The van der Waals surface area contributed by atoms with Gasteiger partial charge in [-0.1, -0.05) is 42.5 Å². The summed E-state index contributed by atoms with van der Waals surface area (Å²) in [6.07, 6.45) is 3.32. The second kappa shape index (κ2) is 12.3. The van der Waals surface area contributed by atoms with Crippen molar-refractivity contribution in [3.8, 4) is 0 Å². The van der Waals surface area contributed by atoms with E-state index < -0.39 is 0 Å². The minimum Gasteiger partial charge on any atom is -0.369 e. The van der Waals surface area contributed by atoms with Crippen molar-refractivity contribution in [1.82, 2.24) is 9.80 Å². The molecule has 2 heterocycles. The van der Waals surface area contributed by atoms with Crippen molar-refractivity contribution >= 4 is 23.2 Å². The lowest BCUT2D eigenvalue weighted by molar-refractivity contribution is -0.132. The highest BCUT2D eigenvalue weighted by atomic mass is 16.2. The molecule has 0 bridgehead atoms. The van der Waals surface area contributed by atoms with Crippen LogP contribution in [0.5, 0.6) is 0 Å². The maximum absolute atomic E-state index is 12.8. The number of aryl methyl sites for hydroxylation is 1. The molecule has 0 atom stereocenters. The highest BCUT2D eigenvalue weighted by molar-refractivity contribution is 6.04. The normalized spacial score (nSPS) is 16.9. The van der Waals surface area contributed by atoms with Crippen LogP contribution in [0.2, 0.25) is 0 Å². The molecule has 0 radical (unpaired) electrons. The Kier molecular flexibility index (Phi) is 8.39. The zero-order valence-electron chi connectivity index (χ0n) is 22.3. The van der Waals surface area contributed by atoms with Crippen LogP contribution in [0, 0.1) is 0 Å². The average Bonchev–Trinajstić information content (AvgIpc) is 2.97. The fourth-order valence-electron chi connectivity index (χ4n) is 5.45. The summed E-state index contributed by atoms with van der Waals surface area (Å²) >= 11 is 0. The number of anilines is 2. The van der Waals surface area contributed by atoms with E-state index in [9.17, 15) is 9.59 Å². The number of hydrogen-bond donors (Lipinski definition) is 1. The molecule has 0 spiro atoms. The van der Waals surface area contributed by atoms with Gasteiger partial charge in [0.25, 0.3) is 5.91 Å². The molecule has 6 heteroatoms. The monoisotopic (exact) mass is 510 g/mol. The zero-order chi connectivity index (χ0) is 26.3. The van der Waals surface area contributed by atoms with E-state index in [1.807, 2.05) is 59.5 Å². The number of benzene rings is 3. The molecule has 0 saturated carbocycles. The van der Waals surface area contributed by atoms with E-state index in [2.05, 4.69) is 46.4 Å². The maximum atomic E-state index is 12.8. The summed E-state index contributed by atoms with van der Waals surface area (Å²) < 4.78 is 0. The number of likely N-dealkylation sites (N-methyl/N-ethyl adjacent to an activating group) is 1. The van der Waals surface area contributed by atoms with Crippen molar-refractivity contribution in [2.45, 2.75) is 31.6 Å². The van der Waals surface area contributed by atoms with E-state index in [1.54, 1.807) is 0 Å². The second-order valence-electron chi connectivity index (χ2n) is 10.6. The van der Waals surface area contributed by atoms with Crippen LogP contribution in [0.25, 0.3) is 0 Å². The first-order valence-electron chi connectivity index (χ1n) is 13.8. The molecule has 2 aliphatic rings. The minimum absolute atomic E-state index is 0.0926. The first-order valence-corrected chi connectivity index (χ1v) is 13.8. The van der Waals surface area contributed by atoms with E-state index >= 15 is 0 Å². The summed E-state index contributed by atoms with van der Waals surface area (Å²) in [4.78, 5) is 32.2. The number of carbonyl (C=O) groups is 2.